The smallest absolute Gasteiger partial charge is 0.267 e. The summed E-state index contributed by atoms with van der Waals surface area (Å²) in [5, 5.41) is 13.7. The monoisotopic (exact) mass is 849 g/mol. The maximum Gasteiger partial charge on any atom is 0.267 e. The first-order valence-corrected chi connectivity index (χ1v) is 19.9. The van der Waals surface area contributed by atoms with Crippen LogP contribution in [-0.4, -0.2) is 126 Å². The highest BCUT2D eigenvalue weighted by atomic mass is 19.3. The second-order valence-corrected chi connectivity index (χ2v) is 15.7. The Labute approximate surface area is 344 Å². The first-order chi connectivity index (χ1) is 28.3. The van der Waals surface area contributed by atoms with Gasteiger partial charge in [0.1, 0.15) is 23.7 Å². The number of aromatic nitrogens is 2. The molecular formula is C41H53F6N9O4. The number of halogens is 6. The Morgan fingerprint density at radius 3 is 1.93 bits per heavy atom. The molecule has 0 radical (unpaired) electrons. The van der Waals surface area contributed by atoms with Crippen LogP contribution in [-0.2, 0) is 25.7 Å². The molecule has 13 nitrogen and oxygen atoms in total. The van der Waals surface area contributed by atoms with Gasteiger partial charge in [-0.2, -0.15) is 0 Å². The molecule has 0 saturated carbocycles. The summed E-state index contributed by atoms with van der Waals surface area (Å²) in [6.07, 6.45) is -1.63. The molecule has 2 aromatic carbocycles. The average molecular weight is 850 g/mol. The average Bonchev–Trinajstić information content (AvgIpc) is 3.80. The number of hydrogen-bond donors (Lipinski definition) is 5. The van der Waals surface area contributed by atoms with E-state index in [9.17, 15) is 28.0 Å². The molecule has 4 atom stereocenters. The molecular weight excluding hydrogens is 796 g/mol. The number of amides is 4. The molecule has 60 heavy (non-hydrogen) atoms. The van der Waals surface area contributed by atoms with Crippen LogP contribution in [0.4, 0.5) is 26.3 Å². The van der Waals surface area contributed by atoms with Crippen LogP contribution in [0.15, 0.2) is 42.5 Å². The second kappa shape index (κ2) is 19.0. The van der Waals surface area contributed by atoms with Gasteiger partial charge < -0.3 is 41.0 Å². The van der Waals surface area contributed by atoms with Gasteiger partial charge in [0.2, 0.25) is 23.6 Å². The van der Waals surface area contributed by atoms with E-state index in [0.29, 0.717) is 16.7 Å². The van der Waals surface area contributed by atoms with Crippen LogP contribution in [0, 0.1) is 17.6 Å². The molecule has 2 saturated heterocycles. The van der Waals surface area contributed by atoms with Crippen molar-refractivity contribution in [3.8, 4) is 0 Å². The van der Waals surface area contributed by atoms with E-state index in [1.807, 2.05) is 0 Å². The molecule has 1 aromatic heterocycles. The van der Waals surface area contributed by atoms with Gasteiger partial charge in [-0.15, -0.1) is 0 Å². The zero-order chi connectivity index (χ0) is 44.1. The first kappa shape index (κ1) is 45.9. The molecule has 0 aliphatic carbocycles. The highest BCUT2D eigenvalue weighted by molar-refractivity contribution is 5.93. The number of likely N-dealkylation sites (tertiary alicyclic amines) is 2. The maximum atomic E-state index is 15.4. The van der Waals surface area contributed by atoms with Gasteiger partial charge in [-0.05, 0) is 68.3 Å². The molecule has 3 aromatic rings. The number of fused-ring (bicyclic) bond motifs is 1. The van der Waals surface area contributed by atoms with Crippen molar-refractivity contribution in [3.05, 3.63) is 65.5 Å². The molecule has 4 amide bonds. The Kier molecular flexibility index (Phi) is 14.6. The third-order valence-corrected chi connectivity index (χ3v) is 10.8. The molecule has 0 spiro atoms. The lowest BCUT2D eigenvalue weighted by molar-refractivity contribution is -0.139. The number of nitrogens with zero attached hydrogens (tertiary/aromatic N) is 4. The summed E-state index contributed by atoms with van der Waals surface area (Å²) >= 11 is 0. The fraction of sp³-hybridized carbons (Fsp3) is 0.537. The van der Waals surface area contributed by atoms with Crippen molar-refractivity contribution in [2.24, 2.45) is 5.92 Å². The fourth-order valence-corrected chi connectivity index (χ4v) is 8.02. The van der Waals surface area contributed by atoms with Gasteiger partial charge in [-0.3, -0.25) is 19.2 Å². The highest BCUT2D eigenvalue weighted by Gasteiger charge is 2.50. The van der Waals surface area contributed by atoms with Crippen molar-refractivity contribution >= 4 is 45.9 Å². The zero-order valence-electron chi connectivity index (χ0n) is 34.5. The summed E-state index contributed by atoms with van der Waals surface area (Å²) in [5.74, 6) is -10.7. The summed E-state index contributed by atoms with van der Waals surface area (Å²) in [7, 11) is 4.61. The lowest BCUT2D eigenvalue weighted by atomic mass is 9.93. The van der Waals surface area contributed by atoms with Crippen LogP contribution in [0.1, 0.15) is 57.8 Å². The number of hydrogen-bond acceptors (Lipinski definition) is 8. The van der Waals surface area contributed by atoms with Gasteiger partial charge in [0.15, 0.2) is 5.82 Å². The Morgan fingerprint density at radius 2 is 1.37 bits per heavy atom. The van der Waals surface area contributed by atoms with Crippen LogP contribution in [0.3, 0.4) is 0 Å². The van der Waals surface area contributed by atoms with Gasteiger partial charge in [0.25, 0.3) is 11.8 Å². The van der Waals surface area contributed by atoms with Crippen molar-refractivity contribution in [1.29, 1.82) is 0 Å². The van der Waals surface area contributed by atoms with Gasteiger partial charge in [0.05, 0.1) is 49.0 Å². The van der Waals surface area contributed by atoms with Gasteiger partial charge in [-0.1, -0.05) is 32.9 Å². The van der Waals surface area contributed by atoms with E-state index in [-0.39, 0.29) is 49.5 Å². The van der Waals surface area contributed by atoms with E-state index in [4.69, 9.17) is 4.98 Å². The molecule has 328 valence electrons. The minimum Gasteiger partial charge on any atom is -0.385 e. The van der Waals surface area contributed by atoms with Gasteiger partial charge >= 0.3 is 0 Å². The fourth-order valence-electron chi connectivity index (χ4n) is 8.02. The predicted molar refractivity (Wildman–Crippen MR) is 214 cm³/mol. The van der Waals surface area contributed by atoms with Crippen molar-refractivity contribution < 1.29 is 45.5 Å². The maximum absolute atomic E-state index is 15.4. The van der Waals surface area contributed by atoms with Crippen molar-refractivity contribution in [1.82, 2.24) is 45.9 Å². The van der Waals surface area contributed by atoms with E-state index < -0.39 is 103 Å². The van der Waals surface area contributed by atoms with Crippen LogP contribution in [0.2, 0.25) is 0 Å². The largest absolute Gasteiger partial charge is 0.385 e. The topological polar surface area (TPSA) is 153 Å². The molecule has 4 unspecified atom stereocenters. The number of rotatable bonds is 17. The Hall–Kier alpha value is -5.17. The van der Waals surface area contributed by atoms with Crippen molar-refractivity contribution in [2.45, 2.75) is 89.0 Å². The third-order valence-electron chi connectivity index (χ3n) is 10.8. The Balaban J connectivity index is 1.64. The van der Waals surface area contributed by atoms with Crippen LogP contribution < -0.4 is 26.6 Å². The third kappa shape index (κ3) is 10.6. The standard InChI is InChI=1S/C41H53F6N9O4/c1-7-30(51-33(57)18-48-4)38(59)56-22-41(46,47)17-28(56)20-54-32-13-12-26(43)14-31(32)52-37(54)36(50-6)29(24-8-10-25(42)11-9-24)15-27-16-40(44,45)21-55(27)39(60)35(23(2)3)53-34(58)19-49-5/h8-14,23,27-28,30,35,48-50H,7,15-22H2,1-6H3,(H,51,57)(H,53,58)/b36-29-. The number of alkyl halides is 4. The van der Waals surface area contributed by atoms with Gasteiger partial charge in [-0.25, -0.2) is 31.3 Å². The lowest BCUT2D eigenvalue weighted by Gasteiger charge is -2.32. The number of imidazole rings is 1. The Morgan fingerprint density at radius 1 is 0.800 bits per heavy atom. The van der Waals surface area contributed by atoms with E-state index >= 15 is 17.6 Å². The van der Waals surface area contributed by atoms with E-state index in [0.717, 1.165) is 21.9 Å². The van der Waals surface area contributed by atoms with Gasteiger partial charge in [0, 0.05) is 38.5 Å². The van der Waals surface area contributed by atoms with E-state index in [2.05, 4.69) is 26.6 Å². The normalized spacial score (nSPS) is 19.9. The molecule has 19 heteroatoms. The highest BCUT2D eigenvalue weighted by Crippen LogP contribution is 2.40. The SMILES string of the molecule is CCC(NC(=O)CNC)C(=O)N1CC(F)(F)CC1Cn1c(/C(NC)=C(\CC2CC(F)(F)CN2C(=O)C(NC(=O)CNC)C(C)C)c2ccc(F)cc2)nc2cc(F)ccc21. The molecule has 5 N–H and O–H groups in total. The number of benzene rings is 2. The minimum absolute atomic E-state index is 0.0661. The molecule has 2 fully saturated rings. The number of likely N-dealkylation sites (N-methyl/N-ethyl adjacent to an activating group) is 2. The summed E-state index contributed by atoms with van der Waals surface area (Å²) in [6.45, 7) is 2.65. The number of carbonyl (C=O) groups is 4. The molecule has 3 heterocycles. The summed E-state index contributed by atoms with van der Waals surface area (Å²) in [6, 6.07) is 4.36. The second-order valence-electron chi connectivity index (χ2n) is 15.7. The number of carbonyl (C=O) groups excluding carboxylic acids is 4. The first-order valence-electron chi connectivity index (χ1n) is 19.9. The minimum atomic E-state index is -3.32. The lowest BCUT2D eigenvalue weighted by Crippen LogP contribution is -2.54. The molecule has 5 rings (SSSR count). The predicted octanol–water partition coefficient (Wildman–Crippen LogP) is 3.74. The quantitative estimate of drug-likeness (QED) is 0.129. The zero-order valence-corrected chi connectivity index (χ0v) is 34.5. The van der Waals surface area contributed by atoms with Crippen molar-refractivity contribution in [2.75, 3.05) is 47.3 Å². The van der Waals surface area contributed by atoms with E-state index in [1.54, 1.807) is 34.9 Å². The summed E-state index contributed by atoms with van der Waals surface area (Å²) in [4.78, 5) is 59.7. The molecule has 2 aliphatic heterocycles. The van der Waals surface area contributed by atoms with Crippen LogP contribution in [0.25, 0.3) is 22.3 Å². The summed E-state index contributed by atoms with van der Waals surface area (Å²) in [5.41, 5.74) is 1.24. The van der Waals surface area contributed by atoms with Crippen molar-refractivity contribution in [3.63, 3.8) is 0 Å². The molecule has 0 bridgehead atoms. The van der Waals surface area contributed by atoms with E-state index in [1.165, 1.54) is 41.9 Å². The molecule has 2 aliphatic rings. The summed E-state index contributed by atoms with van der Waals surface area (Å²) < 4.78 is 92.2. The van der Waals surface area contributed by atoms with Crippen LogP contribution >= 0.6 is 0 Å². The van der Waals surface area contributed by atoms with Crippen LogP contribution in [0.5, 0.6) is 0 Å². The number of nitrogens with one attached hydrogen (secondary N) is 5. The Bertz CT molecular complexity index is 2080.